The number of piperidine rings is 1. The van der Waals surface area contributed by atoms with Crippen LogP contribution >= 0.6 is 11.6 Å². The molecule has 2 rings (SSSR count). The molecule has 1 saturated heterocycles. The van der Waals surface area contributed by atoms with Crippen LogP contribution < -0.4 is 10.6 Å². The van der Waals surface area contributed by atoms with Crippen LogP contribution in [0.4, 0.5) is 5.69 Å². The molecule has 0 bridgehead atoms. The lowest BCUT2D eigenvalue weighted by Crippen LogP contribution is -2.60. The molecule has 7 nitrogen and oxygen atoms in total. The van der Waals surface area contributed by atoms with E-state index in [-0.39, 0.29) is 6.04 Å². The number of nitrogens with zero attached hydrogens (tertiary/aromatic N) is 4. The van der Waals surface area contributed by atoms with Gasteiger partial charge in [-0.25, -0.2) is 9.98 Å². The number of halogens is 1. The summed E-state index contributed by atoms with van der Waals surface area (Å²) in [5.74, 6) is 0.351. The van der Waals surface area contributed by atoms with Crippen molar-refractivity contribution in [3.05, 3.63) is 23.5 Å². The highest BCUT2D eigenvalue weighted by atomic mass is 35.5. The van der Waals surface area contributed by atoms with Gasteiger partial charge < -0.3 is 10.5 Å². The van der Waals surface area contributed by atoms with Crippen molar-refractivity contribution < 1.29 is 5.21 Å². The maximum Gasteiger partial charge on any atom is 0.209 e. The second-order valence-electron chi connectivity index (χ2n) is 7.21. The predicted molar refractivity (Wildman–Crippen MR) is 93.9 cm³/mol. The summed E-state index contributed by atoms with van der Waals surface area (Å²) in [4.78, 5) is 8.63. The van der Waals surface area contributed by atoms with Gasteiger partial charge in [-0.3, -0.25) is 5.32 Å². The Morgan fingerprint density at radius 2 is 2.00 bits per heavy atom. The van der Waals surface area contributed by atoms with Crippen molar-refractivity contribution in [2.45, 2.75) is 57.7 Å². The number of rotatable bonds is 2. The molecular weight excluding hydrogens is 328 g/mol. The largest absolute Gasteiger partial charge is 0.324 e. The second kappa shape index (κ2) is 6.93. The average Bonchev–Trinajstić information content (AvgIpc) is 2.47. The van der Waals surface area contributed by atoms with Gasteiger partial charge in [-0.05, 0) is 52.7 Å². The van der Waals surface area contributed by atoms with Crippen LogP contribution in [0.15, 0.2) is 23.3 Å². The highest BCUT2D eigenvalue weighted by Crippen LogP contribution is 2.37. The first-order valence-corrected chi connectivity index (χ1v) is 8.12. The molecule has 0 spiro atoms. The molecule has 130 valence electrons. The molecule has 0 atom stereocenters. The molecule has 0 aliphatic carbocycles. The maximum atomic E-state index is 10.4. The van der Waals surface area contributed by atoms with Crippen molar-refractivity contribution in [1.29, 1.82) is 5.26 Å². The summed E-state index contributed by atoms with van der Waals surface area (Å²) in [5.41, 5.74) is -0.135. The third-order valence-corrected chi connectivity index (χ3v) is 4.32. The van der Waals surface area contributed by atoms with Gasteiger partial charge in [0.2, 0.25) is 5.96 Å². The van der Waals surface area contributed by atoms with E-state index >= 15 is 0 Å². The second-order valence-corrected chi connectivity index (χ2v) is 7.60. The van der Waals surface area contributed by atoms with Crippen molar-refractivity contribution in [3.8, 4) is 6.19 Å². The van der Waals surface area contributed by atoms with Gasteiger partial charge >= 0.3 is 0 Å². The maximum absolute atomic E-state index is 10.4. The summed E-state index contributed by atoms with van der Waals surface area (Å²) >= 11 is 5.78. The van der Waals surface area contributed by atoms with Crippen LogP contribution in [0.1, 0.15) is 40.5 Å². The molecule has 0 saturated carbocycles. The molecule has 0 unspecified atom stereocenters. The number of hydrogen-bond donors (Lipinski definition) is 3. The summed E-state index contributed by atoms with van der Waals surface area (Å²) in [6.07, 6.45) is 4.80. The quantitative estimate of drug-likeness (QED) is 0.249. The van der Waals surface area contributed by atoms with Gasteiger partial charge in [-0.2, -0.15) is 10.3 Å². The molecule has 1 aromatic heterocycles. The van der Waals surface area contributed by atoms with E-state index in [1.165, 1.54) is 5.06 Å². The minimum Gasteiger partial charge on any atom is -0.324 e. The third kappa shape index (κ3) is 4.35. The Kier molecular flexibility index (Phi) is 5.33. The summed E-state index contributed by atoms with van der Waals surface area (Å²) in [6, 6.07) is 3.38. The summed E-state index contributed by atoms with van der Waals surface area (Å²) in [6.45, 7) is 7.91. The van der Waals surface area contributed by atoms with Crippen LogP contribution in [0, 0.1) is 11.5 Å². The van der Waals surface area contributed by atoms with Crippen LogP contribution in [0.3, 0.4) is 0 Å². The number of anilines is 1. The van der Waals surface area contributed by atoms with Crippen LogP contribution in [0.25, 0.3) is 0 Å². The van der Waals surface area contributed by atoms with Crippen molar-refractivity contribution in [1.82, 2.24) is 15.4 Å². The van der Waals surface area contributed by atoms with E-state index in [0.717, 1.165) is 0 Å². The highest BCUT2D eigenvalue weighted by Gasteiger charge is 2.45. The van der Waals surface area contributed by atoms with Crippen LogP contribution in [-0.4, -0.2) is 38.3 Å². The smallest absolute Gasteiger partial charge is 0.209 e. The molecular formula is C16H23ClN6O. The number of pyridine rings is 1. The van der Waals surface area contributed by atoms with Crippen LogP contribution in [-0.2, 0) is 0 Å². The molecule has 2 heterocycles. The Hall–Kier alpha value is -1.88. The summed E-state index contributed by atoms with van der Waals surface area (Å²) in [5, 5.41) is 26.7. The van der Waals surface area contributed by atoms with E-state index in [1.54, 1.807) is 18.3 Å². The van der Waals surface area contributed by atoms with Gasteiger partial charge in [0.05, 0.1) is 17.9 Å². The molecule has 1 fully saturated rings. The Bertz CT molecular complexity index is 632. The summed E-state index contributed by atoms with van der Waals surface area (Å²) in [7, 11) is 0. The SMILES string of the molecule is CC1(C)CC(N=C(NC#N)Nc2ccc(Cl)nc2)CC(C)(C)N1O. The zero-order chi connectivity index (χ0) is 18.0. The Balaban J connectivity index is 2.20. The van der Waals surface area contributed by atoms with Crippen molar-refractivity contribution >= 4 is 23.2 Å². The van der Waals surface area contributed by atoms with E-state index in [4.69, 9.17) is 16.9 Å². The van der Waals surface area contributed by atoms with E-state index in [9.17, 15) is 5.21 Å². The normalized spacial score (nSPS) is 21.1. The van der Waals surface area contributed by atoms with Crippen molar-refractivity contribution in [2.75, 3.05) is 5.32 Å². The molecule has 3 N–H and O–H groups in total. The molecule has 0 aromatic carbocycles. The monoisotopic (exact) mass is 350 g/mol. The van der Waals surface area contributed by atoms with Crippen LogP contribution in [0.5, 0.6) is 0 Å². The number of aliphatic imine (C=N–C) groups is 1. The number of hydrogen-bond acceptors (Lipinski definition) is 5. The fraction of sp³-hybridized carbons (Fsp3) is 0.562. The fourth-order valence-corrected chi connectivity index (χ4v) is 3.34. The Morgan fingerprint density at radius 1 is 1.38 bits per heavy atom. The zero-order valence-corrected chi connectivity index (χ0v) is 15.1. The predicted octanol–water partition coefficient (Wildman–Crippen LogP) is 2.98. The summed E-state index contributed by atoms with van der Waals surface area (Å²) < 4.78 is 0. The van der Waals surface area contributed by atoms with Gasteiger partial charge in [0, 0.05) is 11.1 Å². The van der Waals surface area contributed by atoms with E-state index < -0.39 is 11.1 Å². The molecule has 24 heavy (non-hydrogen) atoms. The average molecular weight is 351 g/mol. The number of guanidine groups is 1. The number of aromatic nitrogens is 1. The molecule has 0 amide bonds. The number of hydroxylamine groups is 2. The number of nitriles is 1. The first-order valence-electron chi connectivity index (χ1n) is 7.75. The molecule has 1 aliphatic heterocycles. The van der Waals surface area contributed by atoms with Crippen molar-refractivity contribution in [2.24, 2.45) is 4.99 Å². The lowest BCUT2D eigenvalue weighted by molar-refractivity contribution is -0.244. The van der Waals surface area contributed by atoms with Gasteiger partial charge in [0.25, 0.3) is 0 Å². The van der Waals surface area contributed by atoms with Crippen molar-refractivity contribution in [3.63, 3.8) is 0 Å². The minimum atomic E-state index is -0.407. The first-order chi connectivity index (χ1) is 11.1. The molecule has 8 heteroatoms. The fourth-order valence-electron chi connectivity index (χ4n) is 3.23. The molecule has 0 radical (unpaired) electrons. The van der Waals surface area contributed by atoms with Gasteiger partial charge in [-0.15, -0.1) is 0 Å². The Morgan fingerprint density at radius 3 is 2.50 bits per heavy atom. The lowest BCUT2D eigenvalue weighted by Gasteiger charge is -2.50. The van der Waals surface area contributed by atoms with E-state index in [2.05, 4.69) is 20.6 Å². The molecule has 1 aromatic rings. The van der Waals surface area contributed by atoms with Gasteiger partial charge in [0.1, 0.15) is 5.15 Å². The van der Waals surface area contributed by atoms with Crippen LogP contribution in [0.2, 0.25) is 5.15 Å². The zero-order valence-electron chi connectivity index (χ0n) is 14.3. The topological polar surface area (TPSA) is 96.6 Å². The third-order valence-electron chi connectivity index (χ3n) is 4.09. The molecule has 1 aliphatic rings. The first kappa shape index (κ1) is 18.5. The van der Waals surface area contributed by atoms with E-state index in [1.807, 2.05) is 33.9 Å². The van der Waals surface area contributed by atoms with Gasteiger partial charge in [0.15, 0.2) is 6.19 Å². The standard InChI is InChI=1S/C16H23ClN6O/c1-15(2)7-12(8-16(3,4)23(15)24)22-14(20-10-18)21-11-5-6-13(17)19-9-11/h5-6,9,12,24H,7-8H2,1-4H3,(H2,20,21,22). The lowest BCUT2D eigenvalue weighted by atomic mass is 9.79. The van der Waals surface area contributed by atoms with Gasteiger partial charge in [-0.1, -0.05) is 11.6 Å². The van der Waals surface area contributed by atoms with E-state index in [0.29, 0.717) is 29.6 Å². The Labute approximate surface area is 147 Å². The highest BCUT2D eigenvalue weighted by molar-refractivity contribution is 6.29. The minimum absolute atomic E-state index is 0.0398. The number of nitrogens with one attached hydrogen (secondary N) is 2.